The molecule has 0 spiro atoms. The summed E-state index contributed by atoms with van der Waals surface area (Å²) in [4.78, 5) is 8.55. The van der Waals surface area contributed by atoms with Gasteiger partial charge in [0.15, 0.2) is 11.6 Å². The topological polar surface area (TPSA) is 56.7 Å². The number of aromatic nitrogens is 4. The molecule has 0 aliphatic heterocycles. The fourth-order valence-corrected chi connectivity index (χ4v) is 3.17. The van der Waals surface area contributed by atoms with Gasteiger partial charge in [-0.3, -0.25) is 4.68 Å². The second-order valence-corrected chi connectivity index (χ2v) is 6.38. The maximum Gasteiger partial charge on any atom is 0.180 e. The number of hydrogen-bond acceptors (Lipinski definition) is 4. The van der Waals surface area contributed by atoms with E-state index < -0.39 is 0 Å². The Kier molecular flexibility index (Phi) is 3.94. The molecule has 0 aliphatic rings. The van der Waals surface area contributed by atoms with E-state index in [-0.39, 0.29) is 12.4 Å². The van der Waals surface area contributed by atoms with E-state index in [9.17, 15) is 4.39 Å². The molecule has 5 nitrogen and oxygen atoms in total. The number of fused-ring (bicyclic) bond motifs is 1. The first kappa shape index (κ1) is 16.4. The number of halogens is 1. The molecule has 0 atom stereocenters. The van der Waals surface area contributed by atoms with Crippen molar-refractivity contribution < 1.29 is 8.81 Å². The SMILES string of the molecule is Fc1ccccc1Cn1nc(-c2ncccn2)cc1-c1cc2ccccc2o1. The molecule has 28 heavy (non-hydrogen) atoms. The molecule has 0 N–H and O–H groups in total. The Labute approximate surface area is 160 Å². The van der Waals surface area contributed by atoms with Crippen LogP contribution in [-0.2, 0) is 6.54 Å². The first-order valence-corrected chi connectivity index (χ1v) is 8.85. The zero-order valence-corrected chi connectivity index (χ0v) is 14.8. The van der Waals surface area contributed by atoms with Crippen molar-refractivity contribution in [1.29, 1.82) is 0 Å². The molecule has 3 heterocycles. The number of hydrogen-bond donors (Lipinski definition) is 0. The predicted molar refractivity (Wildman–Crippen MR) is 104 cm³/mol. The predicted octanol–water partition coefficient (Wildman–Crippen LogP) is 4.94. The molecule has 5 aromatic rings. The molecule has 3 aromatic heterocycles. The van der Waals surface area contributed by atoms with Crippen LogP contribution in [0.25, 0.3) is 33.9 Å². The molecular formula is C22H15FN4O. The van der Waals surface area contributed by atoms with Gasteiger partial charge >= 0.3 is 0 Å². The van der Waals surface area contributed by atoms with Crippen LogP contribution in [0.4, 0.5) is 4.39 Å². The largest absolute Gasteiger partial charge is 0.454 e. The zero-order chi connectivity index (χ0) is 18.9. The highest BCUT2D eigenvalue weighted by Crippen LogP contribution is 2.30. The summed E-state index contributed by atoms with van der Waals surface area (Å²) in [5, 5.41) is 5.62. The minimum atomic E-state index is -0.272. The summed E-state index contributed by atoms with van der Waals surface area (Å²) in [6, 6.07) is 20.0. The van der Waals surface area contributed by atoms with E-state index in [0.717, 1.165) is 16.7 Å². The molecular weight excluding hydrogens is 355 g/mol. The minimum Gasteiger partial charge on any atom is -0.454 e. The molecule has 136 valence electrons. The van der Waals surface area contributed by atoms with Gasteiger partial charge in [0.2, 0.25) is 0 Å². The molecule has 0 amide bonds. The molecule has 0 saturated heterocycles. The van der Waals surface area contributed by atoms with Gasteiger partial charge < -0.3 is 4.42 Å². The standard InChI is InChI=1S/C22H15FN4O/c23-17-8-3-1-7-16(17)14-27-19(13-18(26-27)22-24-10-5-11-25-22)21-12-15-6-2-4-9-20(15)28-21/h1-13H,14H2. The zero-order valence-electron chi connectivity index (χ0n) is 14.8. The molecule has 0 fully saturated rings. The Morgan fingerprint density at radius 3 is 2.50 bits per heavy atom. The fourth-order valence-electron chi connectivity index (χ4n) is 3.17. The third kappa shape index (κ3) is 2.95. The van der Waals surface area contributed by atoms with E-state index in [0.29, 0.717) is 22.8 Å². The van der Waals surface area contributed by atoms with Gasteiger partial charge in [0.1, 0.15) is 22.8 Å². The van der Waals surface area contributed by atoms with E-state index in [1.807, 2.05) is 42.5 Å². The molecule has 0 aliphatic carbocycles. The Morgan fingerprint density at radius 1 is 0.893 bits per heavy atom. The summed E-state index contributed by atoms with van der Waals surface area (Å²) in [6.07, 6.45) is 3.33. The van der Waals surface area contributed by atoms with E-state index in [2.05, 4.69) is 15.1 Å². The fraction of sp³-hybridized carbons (Fsp3) is 0.0455. The van der Waals surface area contributed by atoms with Gasteiger partial charge in [0.05, 0.1) is 6.54 Å². The van der Waals surface area contributed by atoms with Gasteiger partial charge in [-0.1, -0.05) is 36.4 Å². The second kappa shape index (κ2) is 6.74. The first-order valence-electron chi connectivity index (χ1n) is 8.85. The van der Waals surface area contributed by atoms with Crippen molar-refractivity contribution in [3.63, 3.8) is 0 Å². The normalized spacial score (nSPS) is 11.2. The van der Waals surface area contributed by atoms with Crippen LogP contribution in [0.5, 0.6) is 0 Å². The summed E-state index contributed by atoms with van der Waals surface area (Å²) >= 11 is 0. The maximum atomic E-state index is 14.2. The molecule has 0 radical (unpaired) electrons. The van der Waals surface area contributed by atoms with Crippen molar-refractivity contribution in [2.24, 2.45) is 0 Å². The van der Waals surface area contributed by atoms with Crippen molar-refractivity contribution in [3.8, 4) is 23.0 Å². The van der Waals surface area contributed by atoms with E-state index in [1.165, 1.54) is 6.07 Å². The lowest BCUT2D eigenvalue weighted by Gasteiger charge is -2.06. The number of rotatable bonds is 4. The smallest absolute Gasteiger partial charge is 0.180 e. The van der Waals surface area contributed by atoms with Crippen molar-refractivity contribution in [3.05, 3.63) is 90.5 Å². The van der Waals surface area contributed by atoms with Gasteiger partial charge in [-0.2, -0.15) is 5.10 Å². The van der Waals surface area contributed by atoms with Crippen molar-refractivity contribution >= 4 is 11.0 Å². The summed E-state index contributed by atoms with van der Waals surface area (Å²) in [7, 11) is 0. The van der Waals surface area contributed by atoms with Crippen LogP contribution in [0, 0.1) is 5.82 Å². The van der Waals surface area contributed by atoms with E-state index in [4.69, 9.17) is 4.42 Å². The van der Waals surface area contributed by atoms with E-state index >= 15 is 0 Å². The Bertz CT molecular complexity index is 1230. The Hall–Kier alpha value is -3.80. The molecule has 2 aromatic carbocycles. The van der Waals surface area contributed by atoms with Crippen LogP contribution in [0.1, 0.15) is 5.56 Å². The molecule has 5 rings (SSSR count). The maximum absolute atomic E-state index is 14.2. The van der Waals surface area contributed by atoms with Crippen LogP contribution < -0.4 is 0 Å². The summed E-state index contributed by atoms with van der Waals surface area (Å²) < 4.78 is 22.0. The first-order chi connectivity index (χ1) is 13.8. The third-order valence-electron chi connectivity index (χ3n) is 4.53. The molecule has 0 bridgehead atoms. The van der Waals surface area contributed by atoms with Crippen LogP contribution in [0.2, 0.25) is 0 Å². The lowest BCUT2D eigenvalue weighted by Crippen LogP contribution is -2.05. The average Bonchev–Trinajstić information content (AvgIpc) is 3.34. The lowest BCUT2D eigenvalue weighted by molar-refractivity contribution is 0.577. The highest BCUT2D eigenvalue weighted by atomic mass is 19.1. The van der Waals surface area contributed by atoms with Gasteiger partial charge in [-0.05, 0) is 30.3 Å². The van der Waals surface area contributed by atoms with Crippen molar-refractivity contribution in [2.75, 3.05) is 0 Å². The number of furan rings is 1. The Morgan fingerprint density at radius 2 is 1.68 bits per heavy atom. The highest BCUT2D eigenvalue weighted by molar-refractivity contribution is 5.82. The Balaban J connectivity index is 1.65. The van der Waals surface area contributed by atoms with Crippen LogP contribution in [-0.4, -0.2) is 19.7 Å². The summed E-state index contributed by atoms with van der Waals surface area (Å²) in [5.74, 6) is 0.894. The van der Waals surface area contributed by atoms with Gasteiger partial charge in [-0.15, -0.1) is 0 Å². The number of para-hydroxylation sites is 1. The van der Waals surface area contributed by atoms with Crippen molar-refractivity contribution in [1.82, 2.24) is 19.7 Å². The van der Waals surface area contributed by atoms with Gasteiger partial charge in [-0.25, -0.2) is 14.4 Å². The molecule has 6 heteroatoms. The van der Waals surface area contributed by atoms with Crippen LogP contribution >= 0.6 is 0 Å². The quantitative estimate of drug-likeness (QED) is 0.450. The van der Waals surface area contributed by atoms with E-state index in [1.54, 1.807) is 35.3 Å². The number of benzene rings is 2. The molecule has 0 unspecified atom stereocenters. The van der Waals surface area contributed by atoms with Gasteiger partial charge in [0.25, 0.3) is 0 Å². The third-order valence-corrected chi connectivity index (χ3v) is 4.53. The van der Waals surface area contributed by atoms with Gasteiger partial charge in [0, 0.05) is 23.3 Å². The molecule has 0 saturated carbocycles. The summed E-state index contributed by atoms with van der Waals surface area (Å²) in [5.41, 5.74) is 2.67. The number of nitrogens with zero attached hydrogens (tertiary/aromatic N) is 4. The minimum absolute atomic E-state index is 0.270. The monoisotopic (exact) mass is 370 g/mol. The van der Waals surface area contributed by atoms with Crippen LogP contribution in [0.3, 0.4) is 0 Å². The second-order valence-electron chi connectivity index (χ2n) is 6.38. The van der Waals surface area contributed by atoms with Crippen LogP contribution in [0.15, 0.2) is 83.5 Å². The highest BCUT2D eigenvalue weighted by Gasteiger charge is 2.17. The average molecular weight is 370 g/mol. The lowest BCUT2D eigenvalue weighted by atomic mass is 10.2. The van der Waals surface area contributed by atoms with Crippen molar-refractivity contribution in [2.45, 2.75) is 6.54 Å². The summed E-state index contributed by atoms with van der Waals surface area (Å²) in [6.45, 7) is 0.270.